The zero-order valence-corrected chi connectivity index (χ0v) is 4.46. The molecule has 0 rings (SSSR count). The molecule has 0 spiro atoms. The Morgan fingerprint density at radius 3 is 2.56 bits per heavy atom. The molecule has 0 aliphatic rings. The SMILES string of the molecule is C=CC(=O)NOC(=O)O. The second-order valence-electron chi connectivity index (χ2n) is 1.04. The van der Waals surface area contributed by atoms with Gasteiger partial charge >= 0.3 is 6.16 Å². The van der Waals surface area contributed by atoms with Crippen molar-refractivity contribution < 1.29 is 19.5 Å². The summed E-state index contributed by atoms with van der Waals surface area (Å²) < 4.78 is 0. The molecule has 9 heavy (non-hydrogen) atoms. The number of hydrogen-bond donors (Lipinski definition) is 2. The standard InChI is InChI=1S/C4H5NO4/c1-2-3(6)5-9-4(7)8/h2H,1H2,(H,5,6)(H,7,8). The molecule has 0 aliphatic carbocycles. The first-order valence-corrected chi connectivity index (χ1v) is 1.99. The molecule has 0 aromatic heterocycles. The van der Waals surface area contributed by atoms with Gasteiger partial charge < -0.3 is 9.94 Å². The number of nitrogens with one attached hydrogen (secondary N) is 1. The Morgan fingerprint density at radius 2 is 2.22 bits per heavy atom. The highest BCUT2D eigenvalue weighted by atomic mass is 16.8. The number of rotatable bonds is 1. The van der Waals surface area contributed by atoms with Crippen molar-refractivity contribution in [3.8, 4) is 0 Å². The second kappa shape index (κ2) is 3.48. The van der Waals surface area contributed by atoms with Gasteiger partial charge in [0.15, 0.2) is 0 Å². The molecule has 5 heteroatoms. The van der Waals surface area contributed by atoms with Crippen molar-refractivity contribution in [3.05, 3.63) is 12.7 Å². The highest BCUT2D eigenvalue weighted by molar-refractivity contribution is 5.86. The van der Waals surface area contributed by atoms with Crippen molar-refractivity contribution >= 4 is 12.1 Å². The molecule has 0 saturated heterocycles. The van der Waals surface area contributed by atoms with Crippen LogP contribution in [-0.4, -0.2) is 17.2 Å². The van der Waals surface area contributed by atoms with Gasteiger partial charge in [-0.25, -0.2) is 4.79 Å². The van der Waals surface area contributed by atoms with E-state index in [-0.39, 0.29) is 0 Å². The summed E-state index contributed by atoms with van der Waals surface area (Å²) in [6, 6.07) is 0. The zero-order valence-electron chi connectivity index (χ0n) is 4.46. The molecule has 0 aliphatic heterocycles. The first-order valence-electron chi connectivity index (χ1n) is 1.99. The minimum Gasteiger partial charge on any atom is -0.448 e. The van der Waals surface area contributed by atoms with Crippen LogP contribution in [0.15, 0.2) is 12.7 Å². The summed E-state index contributed by atoms with van der Waals surface area (Å²) in [4.78, 5) is 23.3. The van der Waals surface area contributed by atoms with Crippen molar-refractivity contribution in [2.24, 2.45) is 0 Å². The Morgan fingerprint density at radius 1 is 1.67 bits per heavy atom. The van der Waals surface area contributed by atoms with Crippen LogP contribution in [0.4, 0.5) is 4.79 Å². The summed E-state index contributed by atoms with van der Waals surface area (Å²) in [6.45, 7) is 3.05. The Bertz CT molecular complexity index is 142. The van der Waals surface area contributed by atoms with E-state index in [4.69, 9.17) is 5.11 Å². The molecule has 0 radical (unpaired) electrons. The summed E-state index contributed by atoms with van der Waals surface area (Å²) in [5.41, 5.74) is 1.58. The largest absolute Gasteiger partial charge is 0.530 e. The smallest absolute Gasteiger partial charge is 0.448 e. The number of hydroxylamine groups is 1. The molecule has 0 unspecified atom stereocenters. The molecule has 0 atom stereocenters. The molecule has 0 aromatic rings. The van der Waals surface area contributed by atoms with Crippen LogP contribution in [-0.2, 0) is 9.63 Å². The first kappa shape index (κ1) is 7.48. The third-order valence-electron chi connectivity index (χ3n) is 0.424. The average molecular weight is 131 g/mol. The molecular weight excluding hydrogens is 126 g/mol. The monoisotopic (exact) mass is 131 g/mol. The Kier molecular flexibility index (Phi) is 2.89. The number of carbonyl (C=O) groups excluding carboxylic acids is 1. The Balaban J connectivity index is 3.39. The van der Waals surface area contributed by atoms with Crippen LogP contribution in [0.1, 0.15) is 0 Å². The quantitative estimate of drug-likeness (QED) is 0.384. The van der Waals surface area contributed by atoms with E-state index >= 15 is 0 Å². The van der Waals surface area contributed by atoms with Gasteiger partial charge in [0.2, 0.25) is 0 Å². The summed E-state index contributed by atoms with van der Waals surface area (Å²) in [5, 5.41) is 7.79. The lowest BCUT2D eigenvalue weighted by Crippen LogP contribution is -2.23. The maximum absolute atomic E-state index is 10.1. The number of amides is 1. The fourth-order valence-corrected chi connectivity index (χ4v) is 0.136. The van der Waals surface area contributed by atoms with E-state index in [9.17, 15) is 9.59 Å². The zero-order chi connectivity index (χ0) is 7.28. The normalized spacial score (nSPS) is 7.56. The van der Waals surface area contributed by atoms with Gasteiger partial charge in [-0.2, -0.15) is 5.48 Å². The van der Waals surface area contributed by atoms with Gasteiger partial charge in [0.05, 0.1) is 0 Å². The Hall–Kier alpha value is -1.52. The number of hydrogen-bond acceptors (Lipinski definition) is 3. The average Bonchev–Trinajstić information content (AvgIpc) is 1.83. The fraction of sp³-hybridized carbons (Fsp3) is 0. The van der Waals surface area contributed by atoms with Crippen molar-refractivity contribution in [3.63, 3.8) is 0 Å². The van der Waals surface area contributed by atoms with E-state index < -0.39 is 12.1 Å². The van der Waals surface area contributed by atoms with Gasteiger partial charge in [-0.3, -0.25) is 4.79 Å². The van der Waals surface area contributed by atoms with Crippen LogP contribution in [0.3, 0.4) is 0 Å². The second-order valence-corrected chi connectivity index (χ2v) is 1.04. The van der Waals surface area contributed by atoms with Gasteiger partial charge in [-0.15, -0.1) is 0 Å². The third kappa shape index (κ3) is 4.33. The van der Waals surface area contributed by atoms with E-state index in [0.717, 1.165) is 6.08 Å². The van der Waals surface area contributed by atoms with Gasteiger partial charge in [-0.1, -0.05) is 6.58 Å². The van der Waals surface area contributed by atoms with E-state index in [2.05, 4.69) is 11.4 Å². The first-order chi connectivity index (χ1) is 4.16. The summed E-state index contributed by atoms with van der Waals surface area (Å²) in [5.74, 6) is -0.697. The lowest BCUT2D eigenvalue weighted by Gasteiger charge is -1.95. The molecule has 1 amide bonds. The maximum atomic E-state index is 10.1. The van der Waals surface area contributed by atoms with Gasteiger partial charge in [0.1, 0.15) is 0 Å². The minimum atomic E-state index is -1.56. The van der Waals surface area contributed by atoms with Crippen LogP contribution in [0.25, 0.3) is 0 Å². The van der Waals surface area contributed by atoms with Crippen LogP contribution < -0.4 is 5.48 Å². The van der Waals surface area contributed by atoms with E-state index in [0.29, 0.717) is 0 Å². The van der Waals surface area contributed by atoms with Gasteiger partial charge in [0.25, 0.3) is 5.91 Å². The van der Waals surface area contributed by atoms with Crippen LogP contribution >= 0.6 is 0 Å². The lowest BCUT2D eigenvalue weighted by molar-refractivity contribution is -0.125. The number of carboxylic acid groups (broad SMARTS) is 1. The molecule has 0 saturated carbocycles. The van der Waals surface area contributed by atoms with Gasteiger partial charge in [0, 0.05) is 0 Å². The molecule has 50 valence electrons. The topological polar surface area (TPSA) is 75.6 Å². The van der Waals surface area contributed by atoms with Crippen molar-refractivity contribution in [1.29, 1.82) is 0 Å². The molecule has 0 aromatic carbocycles. The predicted molar refractivity (Wildman–Crippen MR) is 27.4 cm³/mol. The third-order valence-corrected chi connectivity index (χ3v) is 0.424. The van der Waals surface area contributed by atoms with E-state index in [1.165, 1.54) is 0 Å². The fourth-order valence-electron chi connectivity index (χ4n) is 0.136. The van der Waals surface area contributed by atoms with Crippen molar-refractivity contribution in [2.75, 3.05) is 0 Å². The molecular formula is C4H5NO4. The molecule has 0 bridgehead atoms. The van der Waals surface area contributed by atoms with Crippen LogP contribution in [0.5, 0.6) is 0 Å². The maximum Gasteiger partial charge on any atom is 0.530 e. The lowest BCUT2D eigenvalue weighted by atomic mass is 10.6. The molecule has 2 N–H and O–H groups in total. The van der Waals surface area contributed by atoms with Crippen LogP contribution in [0, 0.1) is 0 Å². The highest BCUT2D eigenvalue weighted by Gasteiger charge is 1.97. The summed E-state index contributed by atoms with van der Waals surface area (Å²) >= 11 is 0. The summed E-state index contributed by atoms with van der Waals surface area (Å²) in [6.07, 6.45) is -0.673. The summed E-state index contributed by atoms with van der Waals surface area (Å²) in [7, 11) is 0. The predicted octanol–water partition coefficient (Wildman–Crippen LogP) is -0.102. The highest BCUT2D eigenvalue weighted by Crippen LogP contribution is 1.69. The van der Waals surface area contributed by atoms with Crippen LogP contribution in [0.2, 0.25) is 0 Å². The minimum absolute atomic E-state index is 0.697. The molecule has 0 heterocycles. The van der Waals surface area contributed by atoms with Gasteiger partial charge in [-0.05, 0) is 6.08 Å². The van der Waals surface area contributed by atoms with Crippen molar-refractivity contribution in [1.82, 2.24) is 5.48 Å². The molecule has 0 fully saturated rings. The molecule has 5 nitrogen and oxygen atoms in total. The van der Waals surface area contributed by atoms with E-state index in [1.54, 1.807) is 5.48 Å². The Labute approximate surface area is 50.9 Å². The van der Waals surface area contributed by atoms with E-state index in [1.807, 2.05) is 0 Å². The number of carbonyl (C=O) groups is 2. The van der Waals surface area contributed by atoms with Crippen molar-refractivity contribution in [2.45, 2.75) is 0 Å².